The fraction of sp³-hybridized carbons (Fsp3) is 1.00. The molecular formula is C9H16O2S. The van der Waals surface area contributed by atoms with E-state index in [2.05, 4.69) is 0 Å². The SMILES string of the molecule is O=S1C2CCC1CC(CCO)C2. The van der Waals surface area contributed by atoms with Gasteiger partial charge < -0.3 is 5.11 Å². The van der Waals surface area contributed by atoms with Gasteiger partial charge in [0.1, 0.15) is 0 Å². The van der Waals surface area contributed by atoms with Crippen LogP contribution in [0.4, 0.5) is 0 Å². The molecule has 2 aliphatic rings. The van der Waals surface area contributed by atoms with Gasteiger partial charge in [0.25, 0.3) is 0 Å². The second kappa shape index (κ2) is 3.46. The summed E-state index contributed by atoms with van der Waals surface area (Å²) in [5, 5.41) is 9.75. The summed E-state index contributed by atoms with van der Waals surface area (Å²) in [6.45, 7) is 0.302. The molecule has 2 unspecified atom stereocenters. The first kappa shape index (κ1) is 8.70. The number of hydrogen-bond acceptors (Lipinski definition) is 2. The maximum Gasteiger partial charge on any atom is 0.0433 e. The molecule has 0 radical (unpaired) electrons. The standard InChI is InChI=1S/C9H16O2S/c10-4-3-7-5-8-1-2-9(6-7)12(8)11/h7-10H,1-6H2. The third kappa shape index (κ3) is 1.44. The molecule has 2 heterocycles. The summed E-state index contributed by atoms with van der Waals surface area (Å²) in [4.78, 5) is 0. The molecule has 0 aromatic heterocycles. The lowest BCUT2D eigenvalue weighted by Crippen LogP contribution is -2.28. The Balaban J connectivity index is 1.98. The van der Waals surface area contributed by atoms with Crippen LogP contribution in [0.1, 0.15) is 32.1 Å². The first-order chi connectivity index (χ1) is 5.81. The molecule has 12 heavy (non-hydrogen) atoms. The van der Waals surface area contributed by atoms with Gasteiger partial charge in [-0.15, -0.1) is 0 Å². The van der Waals surface area contributed by atoms with Crippen LogP contribution in [0, 0.1) is 5.92 Å². The molecule has 2 nitrogen and oxygen atoms in total. The van der Waals surface area contributed by atoms with E-state index in [9.17, 15) is 4.21 Å². The van der Waals surface area contributed by atoms with Crippen LogP contribution in [0.2, 0.25) is 0 Å². The molecular weight excluding hydrogens is 172 g/mol. The Hall–Kier alpha value is 0.110. The summed E-state index contributed by atoms with van der Waals surface area (Å²) in [5.74, 6) is 0.658. The topological polar surface area (TPSA) is 37.3 Å². The fourth-order valence-corrected chi connectivity index (χ4v) is 4.76. The molecule has 0 spiro atoms. The average Bonchev–Trinajstić information content (AvgIpc) is 2.33. The van der Waals surface area contributed by atoms with E-state index in [-0.39, 0.29) is 0 Å². The smallest absolute Gasteiger partial charge is 0.0433 e. The predicted octanol–water partition coefficient (Wildman–Crippen LogP) is 1.06. The maximum absolute atomic E-state index is 11.6. The zero-order chi connectivity index (χ0) is 8.55. The van der Waals surface area contributed by atoms with Crippen LogP contribution in [0.5, 0.6) is 0 Å². The minimum atomic E-state index is -0.525. The molecule has 2 saturated heterocycles. The van der Waals surface area contributed by atoms with E-state index < -0.39 is 10.8 Å². The molecule has 3 heteroatoms. The Morgan fingerprint density at radius 3 is 2.33 bits per heavy atom. The normalized spacial score (nSPS) is 46.4. The summed E-state index contributed by atoms with van der Waals surface area (Å²) in [6.07, 6.45) is 5.45. The van der Waals surface area contributed by atoms with Crippen molar-refractivity contribution in [2.75, 3.05) is 6.61 Å². The van der Waals surface area contributed by atoms with Gasteiger partial charge in [-0.1, -0.05) is 0 Å². The van der Waals surface area contributed by atoms with E-state index >= 15 is 0 Å². The molecule has 2 fully saturated rings. The highest BCUT2D eigenvalue weighted by atomic mass is 32.2. The summed E-state index contributed by atoms with van der Waals surface area (Å²) < 4.78 is 11.6. The van der Waals surface area contributed by atoms with Gasteiger partial charge in [-0.25, -0.2) is 0 Å². The predicted molar refractivity (Wildman–Crippen MR) is 49.4 cm³/mol. The number of rotatable bonds is 2. The van der Waals surface area contributed by atoms with Crippen LogP contribution in [-0.4, -0.2) is 26.4 Å². The van der Waals surface area contributed by atoms with Crippen LogP contribution >= 0.6 is 0 Å². The van der Waals surface area contributed by atoms with Gasteiger partial charge in [-0.05, 0) is 38.0 Å². The Morgan fingerprint density at radius 2 is 1.83 bits per heavy atom. The lowest BCUT2D eigenvalue weighted by molar-refractivity contribution is 0.246. The zero-order valence-electron chi connectivity index (χ0n) is 7.24. The van der Waals surface area contributed by atoms with Gasteiger partial charge in [0.15, 0.2) is 0 Å². The van der Waals surface area contributed by atoms with E-state index in [0.29, 0.717) is 23.0 Å². The molecule has 0 saturated carbocycles. The molecule has 70 valence electrons. The van der Waals surface area contributed by atoms with E-state index in [0.717, 1.165) is 19.3 Å². The summed E-state index contributed by atoms with van der Waals surface area (Å²) in [6, 6.07) is 0. The monoisotopic (exact) mass is 188 g/mol. The van der Waals surface area contributed by atoms with Crippen molar-refractivity contribution >= 4 is 10.8 Å². The van der Waals surface area contributed by atoms with E-state index in [1.54, 1.807) is 0 Å². The number of hydrogen-bond donors (Lipinski definition) is 1. The van der Waals surface area contributed by atoms with Crippen LogP contribution in [0.3, 0.4) is 0 Å². The van der Waals surface area contributed by atoms with Crippen molar-refractivity contribution in [3.05, 3.63) is 0 Å². The number of fused-ring (bicyclic) bond motifs is 2. The van der Waals surface area contributed by atoms with Gasteiger partial charge in [0.05, 0.1) is 0 Å². The lowest BCUT2D eigenvalue weighted by Gasteiger charge is -2.26. The molecule has 1 N–H and O–H groups in total. The highest BCUT2D eigenvalue weighted by Gasteiger charge is 2.39. The molecule has 2 rings (SSSR count). The lowest BCUT2D eigenvalue weighted by atomic mass is 9.96. The maximum atomic E-state index is 11.6. The van der Waals surface area contributed by atoms with E-state index in [1.165, 1.54) is 12.8 Å². The van der Waals surface area contributed by atoms with Crippen molar-refractivity contribution in [2.45, 2.75) is 42.6 Å². The first-order valence-corrected chi connectivity index (χ1v) is 6.09. The Morgan fingerprint density at radius 1 is 1.25 bits per heavy atom. The van der Waals surface area contributed by atoms with Crippen LogP contribution < -0.4 is 0 Å². The quantitative estimate of drug-likeness (QED) is 0.703. The van der Waals surface area contributed by atoms with Crippen molar-refractivity contribution < 1.29 is 9.32 Å². The number of aliphatic hydroxyl groups is 1. The average molecular weight is 188 g/mol. The fourth-order valence-electron chi connectivity index (χ4n) is 2.56. The van der Waals surface area contributed by atoms with Crippen molar-refractivity contribution in [3.63, 3.8) is 0 Å². The van der Waals surface area contributed by atoms with Crippen molar-refractivity contribution in [2.24, 2.45) is 5.92 Å². The molecule has 0 aliphatic carbocycles. The van der Waals surface area contributed by atoms with Crippen molar-refractivity contribution in [3.8, 4) is 0 Å². The van der Waals surface area contributed by atoms with Gasteiger partial charge in [0.2, 0.25) is 0 Å². The van der Waals surface area contributed by atoms with Gasteiger partial charge in [0, 0.05) is 27.9 Å². The third-order valence-electron chi connectivity index (χ3n) is 3.20. The molecule has 2 bridgehead atoms. The third-order valence-corrected chi connectivity index (χ3v) is 5.37. The van der Waals surface area contributed by atoms with E-state index in [1.807, 2.05) is 0 Å². The minimum absolute atomic E-state index is 0.302. The van der Waals surface area contributed by atoms with Crippen molar-refractivity contribution in [1.29, 1.82) is 0 Å². The Labute approximate surface area is 75.8 Å². The highest BCUT2D eigenvalue weighted by Crippen LogP contribution is 2.39. The van der Waals surface area contributed by atoms with Gasteiger partial charge in [-0.3, -0.25) is 4.21 Å². The summed E-state index contributed by atoms with van der Waals surface area (Å²) in [5.41, 5.74) is 0. The van der Waals surface area contributed by atoms with E-state index in [4.69, 9.17) is 5.11 Å². The largest absolute Gasteiger partial charge is 0.396 e. The molecule has 0 aromatic carbocycles. The second-order valence-corrected chi connectivity index (χ2v) is 5.99. The Bertz CT molecular complexity index is 177. The molecule has 0 amide bonds. The highest BCUT2D eigenvalue weighted by molar-refractivity contribution is 7.86. The van der Waals surface area contributed by atoms with Crippen molar-refractivity contribution in [1.82, 2.24) is 0 Å². The van der Waals surface area contributed by atoms with Gasteiger partial charge in [-0.2, -0.15) is 0 Å². The molecule has 2 aliphatic heterocycles. The Kier molecular flexibility index (Phi) is 2.51. The zero-order valence-corrected chi connectivity index (χ0v) is 8.05. The minimum Gasteiger partial charge on any atom is -0.396 e. The summed E-state index contributed by atoms with van der Waals surface area (Å²) in [7, 11) is -0.525. The van der Waals surface area contributed by atoms with Crippen LogP contribution in [0.15, 0.2) is 0 Å². The first-order valence-electron chi connectivity index (χ1n) is 4.81. The molecule has 0 aromatic rings. The summed E-state index contributed by atoms with van der Waals surface area (Å²) >= 11 is 0. The number of aliphatic hydroxyl groups excluding tert-OH is 1. The van der Waals surface area contributed by atoms with Crippen LogP contribution in [0.25, 0.3) is 0 Å². The second-order valence-electron chi connectivity index (χ2n) is 4.00. The van der Waals surface area contributed by atoms with Gasteiger partial charge >= 0.3 is 0 Å². The molecule has 2 atom stereocenters. The van der Waals surface area contributed by atoms with Crippen LogP contribution in [-0.2, 0) is 10.8 Å².